The highest BCUT2D eigenvalue weighted by Crippen LogP contribution is 2.13. The standard InChI is InChI=1S/C22H28N2O6S/c1-15(2)24-31(27,28)20-11-7-18(8-12-20)22(26)30-16(3)21(25)23-14-13-17-5-9-19(29-4)10-6-17/h5-12,15-16,24H,13-14H2,1-4H3,(H,23,25). The lowest BCUT2D eigenvalue weighted by molar-refractivity contribution is -0.129. The fraction of sp³-hybridized carbons (Fsp3) is 0.364. The number of methoxy groups -OCH3 is 1. The highest BCUT2D eigenvalue weighted by atomic mass is 32.2. The molecule has 0 radical (unpaired) electrons. The molecular formula is C22H28N2O6S. The summed E-state index contributed by atoms with van der Waals surface area (Å²) in [5, 5.41) is 2.73. The van der Waals surface area contributed by atoms with Crippen LogP contribution in [0.25, 0.3) is 0 Å². The van der Waals surface area contributed by atoms with Crippen LogP contribution in [0.5, 0.6) is 5.75 Å². The summed E-state index contributed by atoms with van der Waals surface area (Å²) in [5.74, 6) is -0.365. The fourth-order valence-corrected chi connectivity index (χ4v) is 3.95. The van der Waals surface area contributed by atoms with Gasteiger partial charge in [0.05, 0.1) is 17.6 Å². The Balaban J connectivity index is 1.85. The van der Waals surface area contributed by atoms with Gasteiger partial charge >= 0.3 is 5.97 Å². The third-order valence-corrected chi connectivity index (χ3v) is 5.99. The van der Waals surface area contributed by atoms with Gasteiger partial charge in [0, 0.05) is 12.6 Å². The largest absolute Gasteiger partial charge is 0.497 e. The molecule has 9 heteroatoms. The Morgan fingerprint density at radius 1 is 0.968 bits per heavy atom. The van der Waals surface area contributed by atoms with Gasteiger partial charge in [0.15, 0.2) is 6.10 Å². The van der Waals surface area contributed by atoms with E-state index < -0.39 is 28.0 Å². The number of carbonyl (C=O) groups excluding carboxylic acids is 2. The van der Waals surface area contributed by atoms with E-state index in [1.165, 1.54) is 31.2 Å². The van der Waals surface area contributed by atoms with Crippen LogP contribution in [0.1, 0.15) is 36.7 Å². The number of benzene rings is 2. The van der Waals surface area contributed by atoms with E-state index in [1.54, 1.807) is 21.0 Å². The van der Waals surface area contributed by atoms with Crippen molar-refractivity contribution in [2.45, 2.75) is 44.2 Å². The van der Waals surface area contributed by atoms with Gasteiger partial charge in [-0.15, -0.1) is 0 Å². The number of ether oxygens (including phenoxy) is 2. The molecule has 168 valence electrons. The minimum absolute atomic E-state index is 0.0436. The first kappa shape index (κ1) is 24.4. The summed E-state index contributed by atoms with van der Waals surface area (Å²) < 4.78 is 37.0. The molecule has 0 bridgehead atoms. The summed E-state index contributed by atoms with van der Waals surface area (Å²) in [4.78, 5) is 24.5. The number of sulfonamides is 1. The topological polar surface area (TPSA) is 111 Å². The van der Waals surface area contributed by atoms with E-state index in [1.807, 2.05) is 24.3 Å². The normalized spacial score (nSPS) is 12.3. The van der Waals surface area contributed by atoms with Crippen LogP contribution in [0.2, 0.25) is 0 Å². The Morgan fingerprint density at radius 3 is 2.13 bits per heavy atom. The highest BCUT2D eigenvalue weighted by Gasteiger charge is 2.20. The quantitative estimate of drug-likeness (QED) is 0.540. The summed E-state index contributed by atoms with van der Waals surface area (Å²) in [7, 11) is -2.05. The molecule has 0 aliphatic carbocycles. The Kier molecular flexibility index (Phi) is 8.58. The molecule has 0 aromatic heterocycles. The first-order chi connectivity index (χ1) is 14.6. The molecule has 1 unspecified atom stereocenters. The Labute approximate surface area is 183 Å². The number of carbonyl (C=O) groups is 2. The van der Waals surface area contributed by atoms with Gasteiger partial charge < -0.3 is 14.8 Å². The maximum absolute atomic E-state index is 12.3. The van der Waals surface area contributed by atoms with Crippen molar-refractivity contribution >= 4 is 21.9 Å². The van der Waals surface area contributed by atoms with Gasteiger partial charge in [-0.1, -0.05) is 12.1 Å². The van der Waals surface area contributed by atoms with Gasteiger partial charge in [0.1, 0.15) is 5.75 Å². The minimum Gasteiger partial charge on any atom is -0.497 e. The maximum Gasteiger partial charge on any atom is 0.338 e. The van der Waals surface area contributed by atoms with Gasteiger partial charge in [-0.25, -0.2) is 17.9 Å². The van der Waals surface area contributed by atoms with Crippen LogP contribution in [0.3, 0.4) is 0 Å². The van der Waals surface area contributed by atoms with Crippen LogP contribution >= 0.6 is 0 Å². The molecule has 0 saturated carbocycles. The lowest BCUT2D eigenvalue weighted by Gasteiger charge is -2.14. The van der Waals surface area contributed by atoms with Crippen molar-refractivity contribution in [3.63, 3.8) is 0 Å². The van der Waals surface area contributed by atoms with Crippen molar-refractivity contribution in [2.75, 3.05) is 13.7 Å². The Bertz CT molecular complexity index is 986. The third-order valence-electron chi connectivity index (χ3n) is 4.32. The lowest BCUT2D eigenvalue weighted by atomic mass is 10.1. The van der Waals surface area contributed by atoms with Gasteiger partial charge in [-0.2, -0.15) is 0 Å². The predicted molar refractivity (Wildman–Crippen MR) is 116 cm³/mol. The van der Waals surface area contributed by atoms with Crippen LogP contribution in [0, 0.1) is 0 Å². The number of nitrogens with one attached hydrogen (secondary N) is 2. The smallest absolute Gasteiger partial charge is 0.338 e. The highest BCUT2D eigenvalue weighted by molar-refractivity contribution is 7.89. The molecule has 1 atom stereocenters. The third kappa shape index (κ3) is 7.37. The number of hydrogen-bond acceptors (Lipinski definition) is 6. The van der Waals surface area contributed by atoms with Gasteiger partial charge in [-0.3, -0.25) is 4.79 Å². The molecule has 0 spiro atoms. The SMILES string of the molecule is COc1ccc(CCNC(=O)C(C)OC(=O)c2ccc(S(=O)(=O)NC(C)C)cc2)cc1. The van der Waals surface area contributed by atoms with Gasteiger partial charge in [0.2, 0.25) is 10.0 Å². The predicted octanol–water partition coefficient (Wildman–Crippen LogP) is 2.29. The molecule has 31 heavy (non-hydrogen) atoms. The molecule has 1 amide bonds. The van der Waals surface area contributed by atoms with E-state index in [0.29, 0.717) is 13.0 Å². The lowest BCUT2D eigenvalue weighted by Crippen LogP contribution is -2.36. The number of amides is 1. The van der Waals surface area contributed by atoms with E-state index in [9.17, 15) is 18.0 Å². The van der Waals surface area contributed by atoms with Crippen molar-refractivity contribution in [1.82, 2.24) is 10.0 Å². The molecule has 0 fully saturated rings. The summed E-state index contributed by atoms with van der Waals surface area (Å²) in [6, 6.07) is 12.6. The maximum atomic E-state index is 12.3. The molecule has 0 saturated heterocycles. The number of rotatable bonds is 10. The first-order valence-electron chi connectivity index (χ1n) is 9.86. The summed E-state index contributed by atoms with van der Waals surface area (Å²) in [6.07, 6.45) is -0.370. The summed E-state index contributed by atoms with van der Waals surface area (Å²) in [6.45, 7) is 5.30. The summed E-state index contributed by atoms with van der Waals surface area (Å²) >= 11 is 0. The monoisotopic (exact) mass is 448 g/mol. The van der Waals surface area contributed by atoms with E-state index in [2.05, 4.69) is 10.0 Å². The molecule has 2 aromatic carbocycles. The molecule has 0 heterocycles. The molecular weight excluding hydrogens is 420 g/mol. The average Bonchev–Trinajstić information content (AvgIpc) is 2.73. The van der Waals surface area contributed by atoms with Crippen molar-refractivity contribution in [1.29, 1.82) is 0 Å². The van der Waals surface area contributed by atoms with E-state index in [-0.39, 0.29) is 16.5 Å². The van der Waals surface area contributed by atoms with Crippen molar-refractivity contribution < 1.29 is 27.5 Å². The zero-order valence-corrected chi connectivity index (χ0v) is 18.9. The molecule has 2 N–H and O–H groups in total. The molecule has 8 nitrogen and oxygen atoms in total. The Hall–Kier alpha value is -2.91. The fourth-order valence-electron chi connectivity index (χ4n) is 2.70. The second-order valence-corrected chi connectivity index (χ2v) is 8.95. The molecule has 2 rings (SSSR count). The average molecular weight is 449 g/mol. The van der Waals surface area contributed by atoms with Crippen LogP contribution in [-0.2, 0) is 26.0 Å². The van der Waals surface area contributed by atoms with Crippen LogP contribution in [0.15, 0.2) is 53.4 Å². The van der Waals surface area contributed by atoms with Crippen molar-refractivity contribution in [3.05, 3.63) is 59.7 Å². The Morgan fingerprint density at radius 2 is 1.58 bits per heavy atom. The second kappa shape index (κ2) is 10.9. The second-order valence-electron chi connectivity index (χ2n) is 7.24. The van der Waals surface area contributed by atoms with Crippen LogP contribution < -0.4 is 14.8 Å². The van der Waals surface area contributed by atoms with Gasteiger partial charge in [-0.05, 0) is 69.2 Å². The van der Waals surface area contributed by atoms with E-state index in [0.717, 1.165) is 11.3 Å². The van der Waals surface area contributed by atoms with Crippen LogP contribution in [0.4, 0.5) is 0 Å². The van der Waals surface area contributed by atoms with Crippen molar-refractivity contribution in [3.8, 4) is 5.75 Å². The van der Waals surface area contributed by atoms with Crippen molar-refractivity contribution in [2.24, 2.45) is 0 Å². The number of hydrogen-bond donors (Lipinski definition) is 2. The molecule has 0 aliphatic rings. The van der Waals surface area contributed by atoms with E-state index in [4.69, 9.17) is 9.47 Å². The summed E-state index contributed by atoms with van der Waals surface area (Å²) in [5.41, 5.74) is 1.19. The van der Waals surface area contributed by atoms with E-state index >= 15 is 0 Å². The first-order valence-corrected chi connectivity index (χ1v) is 11.3. The van der Waals surface area contributed by atoms with Gasteiger partial charge in [0.25, 0.3) is 5.91 Å². The minimum atomic E-state index is -3.65. The zero-order chi connectivity index (χ0) is 23.0. The molecule has 2 aromatic rings. The zero-order valence-electron chi connectivity index (χ0n) is 18.0. The molecule has 0 aliphatic heterocycles. The van der Waals surface area contributed by atoms with Crippen LogP contribution in [-0.4, -0.2) is 46.1 Å². The number of esters is 1.